The van der Waals surface area contributed by atoms with Crippen molar-refractivity contribution in [3.63, 3.8) is 0 Å². The van der Waals surface area contributed by atoms with Crippen molar-refractivity contribution >= 4 is 11.8 Å². The molecule has 0 bridgehead atoms. The van der Waals surface area contributed by atoms with Gasteiger partial charge in [0.15, 0.2) is 0 Å². The number of aromatic nitrogens is 2. The number of amides is 2. The number of hydrogen-bond donors (Lipinski definition) is 2. The summed E-state index contributed by atoms with van der Waals surface area (Å²) < 4.78 is 13.7. The number of nitrogens with zero attached hydrogens (tertiary/aromatic N) is 2. The lowest BCUT2D eigenvalue weighted by Crippen LogP contribution is -2.53. The molecule has 8 heteroatoms. The average Bonchev–Trinajstić information content (AvgIpc) is 2.79. The van der Waals surface area contributed by atoms with E-state index in [4.69, 9.17) is 5.73 Å². The number of primary amides is 1. The highest BCUT2D eigenvalue weighted by molar-refractivity contribution is 5.93. The van der Waals surface area contributed by atoms with Crippen LogP contribution >= 0.6 is 0 Å². The number of aromatic amines is 1. The number of nitrogens with two attached hydrogens (primary N) is 1. The van der Waals surface area contributed by atoms with Crippen molar-refractivity contribution < 1.29 is 14.0 Å². The first-order valence-electron chi connectivity index (χ1n) is 10.4. The fourth-order valence-electron chi connectivity index (χ4n) is 4.28. The Balaban J connectivity index is 1.59. The van der Waals surface area contributed by atoms with Crippen LogP contribution in [0.25, 0.3) is 11.1 Å². The smallest absolute Gasteiger partial charge is 0.274 e. The van der Waals surface area contributed by atoms with Crippen LogP contribution in [0, 0.1) is 11.2 Å². The molecule has 164 valence electrons. The maximum Gasteiger partial charge on any atom is 0.274 e. The van der Waals surface area contributed by atoms with Crippen LogP contribution in [0.1, 0.15) is 28.9 Å². The fraction of sp³-hybridized carbons (Fsp3) is 0.250. The van der Waals surface area contributed by atoms with E-state index in [0.29, 0.717) is 25.8 Å². The molecule has 0 aliphatic carbocycles. The van der Waals surface area contributed by atoms with Crippen LogP contribution in [0.3, 0.4) is 0 Å². The maximum atomic E-state index is 13.7. The van der Waals surface area contributed by atoms with Crippen LogP contribution in [0.4, 0.5) is 4.39 Å². The minimum atomic E-state index is -0.934. The second-order valence-corrected chi connectivity index (χ2v) is 8.17. The number of likely N-dealkylation sites (tertiary alicyclic amines) is 1. The molecule has 0 saturated carbocycles. The monoisotopic (exact) mass is 434 g/mol. The van der Waals surface area contributed by atoms with E-state index in [1.807, 2.05) is 30.3 Å². The molecular weight excluding hydrogens is 411 g/mol. The van der Waals surface area contributed by atoms with Gasteiger partial charge in [0.05, 0.1) is 5.41 Å². The highest BCUT2D eigenvalue weighted by atomic mass is 19.1. The molecule has 0 radical (unpaired) electrons. The summed E-state index contributed by atoms with van der Waals surface area (Å²) in [5.74, 6) is -1.15. The number of benzene rings is 2. The zero-order chi connectivity index (χ0) is 22.7. The van der Waals surface area contributed by atoms with Gasteiger partial charge in [0.1, 0.15) is 11.5 Å². The van der Waals surface area contributed by atoms with Crippen molar-refractivity contribution in [3.05, 3.63) is 88.1 Å². The van der Waals surface area contributed by atoms with Gasteiger partial charge >= 0.3 is 0 Å². The topological polar surface area (TPSA) is 109 Å². The van der Waals surface area contributed by atoms with Gasteiger partial charge in [-0.3, -0.25) is 14.4 Å². The van der Waals surface area contributed by atoms with Crippen molar-refractivity contribution in [2.24, 2.45) is 11.1 Å². The summed E-state index contributed by atoms with van der Waals surface area (Å²) in [6, 6.07) is 16.5. The molecule has 32 heavy (non-hydrogen) atoms. The second-order valence-electron chi connectivity index (χ2n) is 8.17. The van der Waals surface area contributed by atoms with Gasteiger partial charge < -0.3 is 10.6 Å². The minimum absolute atomic E-state index is 0.109. The molecule has 1 aliphatic rings. The fourth-order valence-corrected chi connectivity index (χ4v) is 4.28. The number of halogens is 1. The molecule has 4 rings (SSSR count). The van der Waals surface area contributed by atoms with Gasteiger partial charge in [-0.1, -0.05) is 36.4 Å². The van der Waals surface area contributed by atoms with Crippen LogP contribution in [-0.4, -0.2) is 40.0 Å². The van der Waals surface area contributed by atoms with Crippen molar-refractivity contribution in [2.45, 2.75) is 19.3 Å². The third-order valence-corrected chi connectivity index (χ3v) is 5.91. The number of H-pyrrole nitrogens is 1. The standard InChI is InChI=1S/C24H23FN4O3/c25-19-7-2-6-18(13-19)17-5-1-4-16(12-17)14-24(23(26)32)10-3-11-29(15-24)22(31)20-8-9-21(30)28-27-20/h1-2,4-9,12-13H,3,10-11,14-15H2,(H2,26,32)(H,28,30). The SMILES string of the molecule is NC(=O)C1(Cc2cccc(-c3cccc(F)c3)c2)CCCN(C(=O)c2ccc(=O)[nH]n2)C1. The lowest BCUT2D eigenvalue weighted by molar-refractivity contribution is -0.130. The number of carbonyl (C=O) groups is 2. The molecule has 2 aromatic carbocycles. The van der Waals surface area contributed by atoms with Crippen LogP contribution in [0.15, 0.2) is 65.5 Å². The van der Waals surface area contributed by atoms with Gasteiger partial charge in [0.25, 0.3) is 11.5 Å². The zero-order valence-corrected chi connectivity index (χ0v) is 17.4. The Morgan fingerprint density at radius 2 is 1.84 bits per heavy atom. The van der Waals surface area contributed by atoms with E-state index in [9.17, 15) is 18.8 Å². The first-order chi connectivity index (χ1) is 15.4. The van der Waals surface area contributed by atoms with E-state index >= 15 is 0 Å². The molecular formula is C24H23FN4O3. The van der Waals surface area contributed by atoms with Gasteiger partial charge in [-0.25, -0.2) is 9.49 Å². The number of nitrogens with one attached hydrogen (secondary N) is 1. The number of carbonyl (C=O) groups excluding carboxylic acids is 2. The Labute approximate surface area is 184 Å². The molecule has 1 unspecified atom stereocenters. The Hall–Kier alpha value is -3.81. The third kappa shape index (κ3) is 4.44. The summed E-state index contributed by atoms with van der Waals surface area (Å²) in [6.45, 7) is 0.629. The minimum Gasteiger partial charge on any atom is -0.369 e. The van der Waals surface area contributed by atoms with E-state index in [1.165, 1.54) is 24.3 Å². The summed E-state index contributed by atoms with van der Waals surface area (Å²) in [4.78, 5) is 38.3. The van der Waals surface area contributed by atoms with Crippen LogP contribution in [0.5, 0.6) is 0 Å². The van der Waals surface area contributed by atoms with Gasteiger partial charge in [0.2, 0.25) is 5.91 Å². The third-order valence-electron chi connectivity index (χ3n) is 5.91. The molecule has 3 aromatic rings. The Kier molecular flexibility index (Phi) is 5.85. The van der Waals surface area contributed by atoms with E-state index < -0.39 is 16.9 Å². The van der Waals surface area contributed by atoms with Gasteiger partial charge in [-0.15, -0.1) is 0 Å². The molecule has 2 heterocycles. The molecule has 1 fully saturated rings. The maximum absolute atomic E-state index is 13.7. The van der Waals surface area contributed by atoms with Crippen molar-refractivity contribution in [1.82, 2.24) is 15.1 Å². The lowest BCUT2D eigenvalue weighted by Gasteiger charge is -2.40. The number of rotatable bonds is 5. The van der Waals surface area contributed by atoms with E-state index in [0.717, 1.165) is 16.7 Å². The molecule has 1 aromatic heterocycles. The predicted octanol–water partition coefficient (Wildman–Crippen LogP) is 2.53. The molecule has 1 saturated heterocycles. The molecule has 3 N–H and O–H groups in total. The predicted molar refractivity (Wildman–Crippen MR) is 117 cm³/mol. The largest absolute Gasteiger partial charge is 0.369 e. The van der Waals surface area contributed by atoms with Crippen molar-refractivity contribution in [3.8, 4) is 11.1 Å². The van der Waals surface area contributed by atoms with E-state index in [2.05, 4.69) is 10.2 Å². The highest BCUT2D eigenvalue weighted by Gasteiger charge is 2.42. The normalized spacial score (nSPS) is 18.3. The summed E-state index contributed by atoms with van der Waals surface area (Å²) in [6.07, 6.45) is 1.52. The van der Waals surface area contributed by atoms with Crippen molar-refractivity contribution in [2.75, 3.05) is 13.1 Å². The first kappa shape index (κ1) is 21.4. The average molecular weight is 434 g/mol. The summed E-state index contributed by atoms with van der Waals surface area (Å²) in [5.41, 5.74) is 7.08. The quantitative estimate of drug-likeness (QED) is 0.643. The summed E-state index contributed by atoms with van der Waals surface area (Å²) in [7, 11) is 0. The van der Waals surface area contributed by atoms with Crippen LogP contribution in [0.2, 0.25) is 0 Å². The summed E-state index contributed by atoms with van der Waals surface area (Å²) in [5, 5.41) is 6.06. The van der Waals surface area contributed by atoms with E-state index in [-0.39, 0.29) is 24.0 Å². The van der Waals surface area contributed by atoms with Gasteiger partial charge in [-0.2, -0.15) is 5.10 Å². The Morgan fingerprint density at radius 1 is 1.09 bits per heavy atom. The van der Waals surface area contributed by atoms with Gasteiger partial charge in [0, 0.05) is 19.2 Å². The van der Waals surface area contributed by atoms with Crippen molar-refractivity contribution in [1.29, 1.82) is 0 Å². The van der Waals surface area contributed by atoms with E-state index in [1.54, 1.807) is 11.0 Å². The molecule has 0 spiro atoms. The van der Waals surface area contributed by atoms with Crippen LogP contribution < -0.4 is 11.3 Å². The van der Waals surface area contributed by atoms with Crippen LogP contribution in [-0.2, 0) is 11.2 Å². The number of piperidine rings is 1. The second kappa shape index (κ2) is 8.74. The summed E-state index contributed by atoms with van der Waals surface area (Å²) >= 11 is 0. The lowest BCUT2D eigenvalue weighted by atomic mass is 9.74. The Bertz CT molecular complexity index is 1210. The van der Waals surface area contributed by atoms with Gasteiger partial charge in [-0.05, 0) is 54.2 Å². The zero-order valence-electron chi connectivity index (χ0n) is 17.4. The highest BCUT2D eigenvalue weighted by Crippen LogP contribution is 2.35. The Morgan fingerprint density at radius 3 is 2.53 bits per heavy atom. The molecule has 7 nitrogen and oxygen atoms in total. The molecule has 1 aliphatic heterocycles. The number of hydrogen-bond acceptors (Lipinski definition) is 4. The molecule has 2 amide bonds. The molecule has 1 atom stereocenters. The first-order valence-corrected chi connectivity index (χ1v) is 10.4.